The zero-order chi connectivity index (χ0) is 26.8. The molecule has 202 valence electrons. The summed E-state index contributed by atoms with van der Waals surface area (Å²) in [6.07, 6.45) is 2.83. The Hall–Kier alpha value is -3.76. The second-order valence-electron chi connectivity index (χ2n) is 10.6. The number of nitrogens with zero attached hydrogens (tertiary/aromatic N) is 4. The number of hydrogen-bond donors (Lipinski definition) is 2. The van der Waals surface area contributed by atoms with E-state index in [0.717, 1.165) is 27.9 Å². The molecule has 5 heterocycles. The number of H-pyrrole nitrogens is 1. The number of rotatable bonds is 6. The van der Waals surface area contributed by atoms with Crippen LogP contribution in [0.4, 0.5) is 0 Å². The molecule has 9 nitrogen and oxygen atoms in total. The molecule has 0 amide bonds. The number of halogens is 1. The molecule has 10 heteroatoms. The highest BCUT2D eigenvalue weighted by Gasteiger charge is 2.48. The van der Waals surface area contributed by atoms with Gasteiger partial charge in [-0.2, -0.15) is 10.1 Å². The van der Waals surface area contributed by atoms with Crippen LogP contribution in [0.3, 0.4) is 0 Å². The minimum absolute atomic E-state index is 0.243. The lowest BCUT2D eigenvalue weighted by Crippen LogP contribution is -2.34. The van der Waals surface area contributed by atoms with Crippen LogP contribution in [0.5, 0.6) is 6.01 Å². The van der Waals surface area contributed by atoms with Gasteiger partial charge >= 0.3 is 0 Å². The molecule has 8 rings (SSSR count). The number of aliphatic hydroxyl groups excluding tert-OH is 1. The van der Waals surface area contributed by atoms with Crippen LogP contribution in [-0.2, 0) is 9.47 Å². The van der Waals surface area contributed by atoms with E-state index < -0.39 is 6.10 Å². The van der Waals surface area contributed by atoms with Crippen molar-refractivity contribution in [2.24, 2.45) is 0 Å². The first kappa shape index (κ1) is 24.1. The quantitative estimate of drug-likeness (QED) is 0.302. The summed E-state index contributed by atoms with van der Waals surface area (Å²) in [6.45, 7) is 0.565. The van der Waals surface area contributed by atoms with Gasteiger partial charge in [0.15, 0.2) is 11.8 Å². The van der Waals surface area contributed by atoms with E-state index in [2.05, 4.69) is 63.3 Å². The molecule has 0 unspecified atom stereocenters. The fourth-order valence-corrected chi connectivity index (χ4v) is 5.79. The van der Waals surface area contributed by atoms with Crippen LogP contribution in [-0.4, -0.2) is 67.5 Å². The zero-order valence-electron chi connectivity index (χ0n) is 21.4. The Bertz CT molecular complexity index is 1700. The molecule has 0 radical (unpaired) electrons. The van der Waals surface area contributed by atoms with Crippen LogP contribution in [0.1, 0.15) is 18.9 Å². The number of nitrogens with one attached hydrogen (secondary N) is 1. The van der Waals surface area contributed by atoms with Crippen molar-refractivity contribution in [1.82, 2.24) is 24.7 Å². The van der Waals surface area contributed by atoms with Gasteiger partial charge in [-0.3, -0.25) is 4.68 Å². The lowest BCUT2D eigenvalue weighted by Gasteiger charge is -2.15. The molecule has 2 aromatic carbocycles. The minimum atomic E-state index is -0.634. The SMILES string of the molecule is O[C@@H]1CO[C@H]2[C@@H]1OC[C@H]2Oc1nc2nc(-c3ccc(-c4ccc(-c5ccn(C6CC6)n5)cc4)cc3)c(Cl)cc2[nH]1. The van der Waals surface area contributed by atoms with Crippen LogP contribution < -0.4 is 4.74 Å². The van der Waals surface area contributed by atoms with E-state index in [-0.39, 0.29) is 24.9 Å². The lowest BCUT2D eigenvalue weighted by molar-refractivity contribution is 0.00706. The van der Waals surface area contributed by atoms with E-state index in [1.807, 2.05) is 12.1 Å². The summed E-state index contributed by atoms with van der Waals surface area (Å²) in [7, 11) is 0. The fraction of sp³-hybridized carbons (Fsp3) is 0.300. The second-order valence-corrected chi connectivity index (χ2v) is 11.0. The monoisotopic (exact) mass is 555 g/mol. The molecule has 3 fully saturated rings. The average Bonchev–Trinajstić information content (AvgIpc) is 3.28. The summed E-state index contributed by atoms with van der Waals surface area (Å²) in [6, 6.07) is 21.4. The fourth-order valence-electron chi connectivity index (χ4n) is 5.53. The Balaban J connectivity index is 1.00. The van der Waals surface area contributed by atoms with Crippen LogP contribution in [0.25, 0.3) is 44.8 Å². The molecule has 3 aliphatic rings. The first-order chi connectivity index (χ1) is 19.6. The molecule has 4 atom stereocenters. The van der Waals surface area contributed by atoms with Gasteiger partial charge < -0.3 is 24.3 Å². The van der Waals surface area contributed by atoms with Gasteiger partial charge in [-0.25, -0.2) is 4.98 Å². The smallest absolute Gasteiger partial charge is 0.296 e. The van der Waals surface area contributed by atoms with Gasteiger partial charge in [0, 0.05) is 17.3 Å². The molecule has 2 aliphatic heterocycles. The molecule has 0 bridgehead atoms. The van der Waals surface area contributed by atoms with E-state index in [1.165, 1.54) is 12.8 Å². The number of benzene rings is 2. The Morgan fingerprint density at radius 1 is 0.875 bits per heavy atom. The van der Waals surface area contributed by atoms with Crippen molar-refractivity contribution in [3.05, 3.63) is 71.9 Å². The van der Waals surface area contributed by atoms with Crippen molar-refractivity contribution < 1.29 is 19.3 Å². The number of pyridine rings is 1. The number of imidazole rings is 1. The third-order valence-electron chi connectivity index (χ3n) is 7.85. The summed E-state index contributed by atoms with van der Waals surface area (Å²) in [4.78, 5) is 12.4. The van der Waals surface area contributed by atoms with Gasteiger partial charge in [-0.15, -0.1) is 0 Å². The normalized spacial score (nSPS) is 24.1. The molecule has 2 N–H and O–H groups in total. The predicted molar refractivity (Wildman–Crippen MR) is 149 cm³/mol. The lowest BCUT2D eigenvalue weighted by atomic mass is 10.0. The number of aromatic amines is 1. The topological polar surface area (TPSA) is 107 Å². The number of ether oxygens (including phenoxy) is 3. The van der Waals surface area contributed by atoms with E-state index in [1.54, 1.807) is 6.07 Å². The molecule has 1 saturated carbocycles. The molecular formula is C30H26ClN5O4. The summed E-state index contributed by atoms with van der Waals surface area (Å²) >= 11 is 6.64. The van der Waals surface area contributed by atoms with Crippen molar-refractivity contribution in [3.63, 3.8) is 0 Å². The number of hydrogen-bond acceptors (Lipinski definition) is 7. The Morgan fingerprint density at radius 2 is 1.57 bits per heavy atom. The van der Waals surface area contributed by atoms with Crippen molar-refractivity contribution in [2.45, 2.75) is 43.3 Å². The second kappa shape index (κ2) is 9.42. The van der Waals surface area contributed by atoms with E-state index in [0.29, 0.717) is 40.5 Å². The summed E-state index contributed by atoms with van der Waals surface area (Å²) in [5.74, 6) is 0. The van der Waals surface area contributed by atoms with Crippen LogP contribution in [0, 0.1) is 0 Å². The maximum atomic E-state index is 9.96. The van der Waals surface area contributed by atoms with Crippen molar-refractivity contribution in [3.8, 4) is 39.7 Å². The molecule has 2 saturated heterocycles. The zero-order valence-corrected chi connectivity index (χ0v) is 22.2. The molecular weight excluding hydrogens is 530 g/mol. The number of fused-ring (bicyclic) bond motifs is 2. The third-order valence-corrected chi connectivity index (χ3v) is 8.14. The van der Waals surface area contributed by atoms with Gasteiger partial charge in [0.1, 0.15) is 18.3 Å². The Labute approximate surface area is 234 Å². The van der Waals surface area contributed by atoms with Gasteiger partial charge in [0.05, 0.1) is 41.2 Å². The first-order valence-corrected chi connectivity index (χ1v) is 13.9. The summed E-state index contributed by atoms with van der Waals surface area (Å²) in [5.41, 5.74) is 7.05. The maximum absolute atomic E-state index is 9.96. The predicted octanol–water partition coefficient (Wildman–Crippen LogP) is 5.05. The highest BCUT2D eigenvalue weighted by molar-refractivity contribution is 6.33. The van der Waals surface area contributed by atoms with Crippen LogP contribution >= 0.6 is 11.6 Å². The first-order valence-electron chi connectivity index (χ1n) is 13.5. The molecule has 0 spiro atoms. The largest absolute Gasteiger partial charge is 0.456 e. The number of aliphatic hydroxyl groups is 1. The highest BCUT2D eigenvalue weighted by atomic mass is 35.5. The maximum Gasteiger partial charge on any atom is 0.296 e. The molecule has 5 aromatic rings. The van der Waals surface area contributed by atoms with Crippen molar-refractivity contribution in [1.29, 1.82) is 0 Å². The van der Waals surface area contributed by atoms with Crippen molar-refractivity contribution in [2.75, 3.05) is 13.2 Å². The van der Waals surface area contributed by atoms with Gasteiger partial charge in [-0.05, 0) is 36.1 Å². The van der Waals surface area contributed by atoms with Gasteiger partial charge in [0.2, 0.25) is 0 Å². The molecule has 3 aromatic heterocycles. The minimum Gasteiger partial charge on any atom is -0.456 e. The molecule has 40 heavy (non-hydrogen) atoms. The van der Waals surface area contributed by atoms with E-state index in [9.17, 15) is 5.11 Å². The summed E-state index contributed by atoms with van der Waals surface area (Å²) in [5, 5.41) is 15.2. The highest BCUT2D eigenvalue weighted by Crippen LogP contribution is 2.36. The Morgan fingerprint density at radius 3 is 2.33 bits per heavy atom. The molecule has 1 aliphatic carbocycles. The van der Waals surface area contributed by atoms with E-state index in [4.69, 9.17) is 35.9 Å². The van der Waals surface area contributed by atoms with Crippen LogP contribution in [0.15, 0.2) is 66.9 Å². The third kappa shape index (κ3) is 4.26. The van der Waals surface area contributed by atoms with Crippen molar-refractivity contribution >= 4 is 22.8 Å². The van der Waals surface area contributed by atoms with Gasteiger partial charge in [-0.1, -0.05) is 60.1 Å². The van der Waals surface area contributed by atoms with E-state index >= 15 is 0 Å². The standard InChI is InChI=1S/C30H26ClN5O4/c31-21-13-23-29(34-30(32-23)40-25-15-39-27-24(37)14-38-28(25)27)33-26(21)19-7-3-17(4-8-19)16-1-5-18(6-2-16)22-11-12-36(35-22)20-9-10-20/h1-8,11-13,20,24-25,27-28,37H,9-10,14-15H2,(H,32,33,34)/t24-,25-,27-,28-/m1/s1. The summed E-state index contributed by atoms with van der Waals surface area (Å²) < 4.78 is 19.4. The Kier molecular flexibility index (Phi) is 5.67. The average molecular weight is 556 g/mol. The van der Waals surface area contributed by atoms with Gasteiger partial charge in [0.25, 0.3) is 6.01 Å². The number of aromatic nitrogens is 5. The van der Waals surface area contributed by atoms with Crippen LogP contribution in [0.2, 0.25) is 5.02 Å².